The first-order valence-electron chi connectivity index (χ1n) is 6.48. The third kappa shape index (κ3) is 2.70. The lowest BCUT2D eigenvalue weighted by atomic mass is 9.99. The Bertz CT molecular complexity index is 729. The largest absolute Gasteiger partial charge is 0.507 e. The van der Waals surface area contributed by atoms with E-state index in [1.807, 2.05) is 26.0 Å². The molecule has 0 aromatic heterocycles. The molecule has 20 heavy (non-hydrogen) atoms. The van der Waals surface area contributed by atoms with Crippen LogP contribution in [0.3, 0.4) is 0 Å². The summed E-state index contributed by atoms with van der Waals surface area (Å²) in [5, 5.41) is 10.1. The summed E-state index contributed by atoms with van der Waals surface area (Å²) in [6.07, 6.45) is 0. The van der Waals surface area contributed by atoms with Crippen LogP contribution in [0.2, 0.25) is 0 Å². The van der Waals surface area contributed by atoms with E-state index in [1.165, 1.54) is 0 Å². The van der Waals surface area contributed by atoms with Crippen molar-refractivity contribution in [3.8, 4) is 16.9 Å². The number of phenolic OH excluding ortho intramolecular Hbond substituents is 1. The summed E-state index contributed by atoms with van der Waals surface area (Å²) in [5.41, 5.74) is 3.40. The zero-order chi connectivity index (χ0) is 14.9. The standard InChI is InChI=1S/C16H18O3S/c1-4-20(18,19)14-7-5-13(6-8-14)15-10-11(2)9-12(3)16(15)17/h5-10,17H,4H2,1-3H3. The summed E-state index contributed by atoms with van der Waals surface area (Å²) in [6.45, 7) is 5.44. The molecule has 0 amide bonds. The van der Waals surface area contributed by atoms with Crippen molar-refractivity contribution < 1.29 is 13.5 Å². The fourth-order valence-electron chi connectivity index (χ4n) is 2.19. The molecule has 3 nitrogen and oxygen atoms in total. The van der Waals surface area contributed by atoms with Crippen LogP contribution in [-0.2, 0) is 9.84 Å². The maximum atomic E-state index is 11.8. The Morgan fingerprint density at radius 2 is 1.65 bits per heavy atom. The van der Waals surface area contributed by atoms with Crippen molar-refractivity contribution in [2.75, 3.05) is 5.75 Å². The normalized spacial score (nSPS) is 11.6. The number of aromatic hydroxyl groups is 1. The SMILES string of the molecule is CCS(=O)(=O)c1ccc(-c2cc(C)cc(C)c2O)cc1. The van der Waals surface area contributed by atoms with Crippen LogP contribution in [0.15, 0.2) is 41.3 Å². The molecular weight excluding hydrogens is 272 g/mol. The van der Waals surface area contributed by atoms with E-state index in [-0.39, 0.29) is 11.5 Å². The zero-order valence-electron chi connectivity index (χ0n) is 11.8. The van der Waals surface area contributed by atoms with E-state index in [1.54, 1.807) is 31.2 Å². The van der Waals surface area contributed by atoms with Crippen LogP contribution in [0.25, 0.3) is 11.1 Å². The van der Waals surface area contributed by atoms with E-state index in [9.17, 15) is 13.5 Å². The van der Waals surface area contributed by atoms with Gasteiger partial charge in [0.1, 0.15) is 5.75 Å². The lowest BCUT2D eigenvalue weighted by Crippen LogP contribution is -2.03. The Morgan fingerprint density at radius 3 is 2.20 bits per heavy atom. The molecule has 106 valence electrons. The fourth-order valence-corrected chi connectivity index (χ4v) is 3.07. The smallest absolute Gasteiger partial charge is 0.178 e. The Morgan fingerprint density at radius 1 is 1.05 bits per heavy atom. The highest BCUT2D eigenvalue weighted by Crippen LogP contribution is 2.33. The number of rotatable bonds is 3. The van der Waals surface area contributed by atoms with Crippen molar-refractivity contribution in [2.45, 2.75) is 25.7 Å². The minimum absolute atomic E-state index is 0.0845. The second-order valence-corrected chi connectivity index (χ2v) is 7.18. The predicted octanol–water partition coefficient (Wildman–Crippen LogP) is 3.47. The van der Waals surface area contributed by atoms with E-state index in [0.29, 0.717) is 4.90 Å². The molecular formula is C16H18O3S. The van der Waals surface area contributed by atoms with Gasteiger partial charge in [-0.1, -0.05) is 25.1 Å². The number of benzene rings is 2. The van der Waals surface area contributed by atoms with E-state index in [2.05, 4.69) is 0 Å². The predicted molar refractivity (Wildman–Crippen MR) is 80.7 cm³/mol. The first-order chi connectivity index (χ1) is 9.35. The highest BCUT2D eigenvalue weighted by molar-refractivity contribution is 7.91. The Balaban J connectivity index is 2.51. The Labute approximate surface area is 119 Å². The number of phenols is 1. The summed E-state index contributed by atoms with van der Waals surface area (Å²) >= 11 is 0. The van der Waals surface area contributed by atoms with Crippen molar-refractivity contribution in [2.24, 2.45) is 0 Å². The van der Waals surface area contributed by atoms with Crippen LogP contribution in [-0.4, -0.2) is 19.3 Å². The average molecular weight is 290 g/mol. The average Bonchev–Trinajstić information content (AvgIpc) is 2.43. The second-order valence-electron chi connectivity index (χ2n) is 4.91. The van der Waals surface area contributed by atoms with Crippen molar-refractivity contribution in [1.82, 2.24) is 0 Å². The molecule has 2 aromatic rings. The first-order valence-corrected chi connectivity index (χ1v) is 8.14. The van der Waals surface area contributed by atoms with Gasteiger partial charge in [-0.3, -0.25) is 0 Å². The van der Waals surface area contributed by atoms with Crippen LogP contribution < -0.4 is 0 Å². The van der Waals surface area contributed by atoms with Gasteiger partial charge in [-0.15, -0.1) is 0 Å². The van der Waals surface area contributed by atoms with Crippen molar-refractivity contribution in [1.29, 1.82) is 0 Å². The fraction of sp³-hybridized carbons (Fsp3) is 0.250. The summed E-state index contributed by atoms with van der Waals surface area (Å²) in [6, 6.07) is 10.4. The lowest BCUT2D eigenvalue weighted by Gasteiger charge is -2.10. The molecule has 2 rings (SSSR count). The van der Waals surface area contributed by atoms with E-state index in [0.717, 1.165) is 22.3 Å². The molecule has 0 heterocycles. The highest BCUT2D eigenvalue weighted by atomic mass is 32.2. The number of sulfone groups is 1. The molecule has 0 atom stereocenters. The molecule has 0 aliphatic heterocycles. The summed E-state index contributed by atoms with van der Waals surface area (Å²) in [7, 11) is -3.19. The van der Waals surface area contributed by atoms with Crippen LogP contribution in [0.5, 0.6) is 5.75 Å². The molecule has 0 fully saturated rings. The Hall–Kier alpha value is -1.81. The minimum atomic E-state index is -3.19. The van der Waals surface area contributed by atoms with Crippen LogP contribution in [0.4, 0.5) is 0 Å². The zero-order valence-corrected chi connectivity index (χ0v) is 12.7. The molecule has 0 saturated carbocycles. The van der Waals surface area contributed by atoms with Crippen molar-refractivity contribution >= 4 is 9.84 Å². The van der Waals surface area contributed by atoms with Gasteiger partial charge >= 0.3 is 0 Å². The monoisotopic (exact) mass is 290 g/mol. The van der Waals surface area contributed by atoms with Gasteiger partial charge < -0.3 is 5.11 Å². The number of hydrogen-bond donors (Lipinski definition) is 1. The maximum Gasteiger partial charge on any atom is 0.178 e. The van der Waals surface area contributed by atoms with Gasteiger partial charge in [-0.05, 0) is 48.7 Å². The summed E-state index contributed by atoms with van der Waals surface area (Å²) < 4.78 is 23.5. The molecule has 2 aromatic carbocycles. The van der Waals surface area contributed by atoms with E-state index >= 15 is 0 Å². The molecule has 0 unspecified atom stereocenters. The third-order valence-corrected chi connectivity index (χ3v) is 5.10. The topological polar surface area (TPSA) is 54.4 Å². The Kier molecular flexibility index (Phi) is 3.86. The van der Waals surface area contributed by atoms with Gasteiger partial charge in [0.15, 0.2) is 9.84 Å². The van der Waals surface area contributed by atoms with Crippen LogP contribution in [0.1, 0.15) is 18.1 Å². The first kappa shape index (κ1) is 14.6. The molecule has 0 radical (unpaired) electrons. The van der Waals surface area contributed by atoms with E-state index in [4.69, 9.17) is 0 Å². The van der Waals surface area contributed by atoms with Gasteiger partial charge in [0.25, 0.3) is 0 Å². The van der Waals surface area contributed by atoms with Crippen molar-refractivity contribution in [3.05, 3.63) is 47.5 Å². The van der Waals surface area contributed by atoms with Crippen LogP contribution >= 0.6 is 0 Å². The van der Waals surface area contributed by atoms with Gasteiger partial charge in [0, 0.05) is 5.56 Å². The summed E-state index contributed by atoms with van der Waals surface area (Å²) in [5.74, 6) is 0.322. The second kappa shape index (κ2) is 5.29. The minimum Gasteiger partial charge on any atom is -0.507 e. The van der Waals surface area contributed by atoms with Gasteiger partial charge in [-0.25, -0.2) is 8.42 Å². The van der Waals surface area contributed by atoms with Gasteiger partial charge in [0.2, 0.25) is 0 Å². The maximum absolute atomic E-state index is 11.8. The van der Waals surface area contributed by atoms with Crippen LogP contribution in [0, 0.1) is 13.8 Å². The molecule has 0 bridgehead atoms. The quantitative estimate of drug-likeness (QED) is 0.941. The number of aryl methyl sites for hydroxylation is 2. The number of hydrogen-bond acceptors (Lipinski definition) is 3. The van der Waals surface area contributed by atoms with Gasteiger partial charge in [-0.2, -0.15) is 0 Å². The molecule has 4 heteroatoms. The third-order valence-electron chi connectivity index (χ3n) is 3.35. The molecule has 1 N–H and O–H groups in total. The van der Waals surface area contributed by atoms with E-state index < -0.39 is 9.84 Å². The molecule has 0 aliphatic rings. The lowest BCUT2D eigenvalue weighted by molar-refractivity contribution is 0.473. The highest BCUT2D eigenvalue weighted by Gasteiger charge is 2.13. The van der Waals surface area contributed by atoms with Crippen molar-refractivity contribution in [3.63, 3.8) is 0 Å². The van der Waals surface area contributed by atoms with Gasteiger partial charge in [0.05, 0.1) is 10.6 Å². The molecule has 0 aliphatic carbocycles. The molecule has 0 saturated heterocycles. The summed E-state index contributed by atoms with van der Waals surface area (Å²) in [4.78, 5) is 0.313. The molecule has 0 spiro atoms.